The number of halogens is 1. The van der Waals surface area contributed by atoms with E-state index in [2.05, 4.69) is 15.9 Å². The van der Waals surface area contributed by atoms with Crippen LogP contribution in [0, 0.1) is 6.92 Å². The van der Waals surface area contributed by atoms with Crippen LogP contribution >= 0.6 is 15.9 Å². The molecule has 0 N–H and O–H groups in total. The standard InChI is InChI=1S/C26H22BrN3O2/c1-3-29-23-13-12-17(27)14-19(23)20(25(29)31)15-24-28-21-10-6-5-9-18(21)26(32)30(24)22-11-7-4-8-16(22)2/h4-14,20H,3,15H2,1-2H3. The normalized spacial score (nSPS) is 15.4. The summed E-state index contributed by atoms with van der Waals surface area (Å²) in [4.78, 5) is 33.7. The van der Waals surface area contributed by atoms with Gasteiger partial charge in [0.25, 0.3) is 5.56 Å². The quantitative estimate of drug-likeness (QED) is 0.399. The lowest BCUT2D eigenvalue weighted by Gasteiger charge is -2.18. The molecule has 160 valence electrons. The van der Waals surface area contributed by atoms with Gasteiger partial charge in [0.15, 0.2) is 0 Å². The molecule has 1 unspecified atom stereocenters. The van der Waals surface area contributed by atoms with Crippen molar-refractivity contribution in [2.75, 3.05) is 11.4 Å². The molecule has 0 radical (unpaired) electrons. The summed E-state index contributed by atoms with van der Waals surface area (Å²) in [6, 6.07) is 21.1. The number of fused-ring (bicyclic) bond motifs is 2. The van der Waals surface area contributed by atoms with Crippen molar-refractivity contribution in [3.63, 3.8) is 0 Å². The van der Waals surface area contributed by atoms with Gasteiger partial charge in [-0.05, 0) is 61.4 Å². The van der Waals surface area contributed by atoms with E-state index in [1.807, 2.05) is 79.4 Å². The van der Waals surface area contributed by atoms with Crippen LogP contribution in [0.2, 0.25) is 0 Å². The van der Waals surface area contributed by atoms with E-state index in [0.717, 1.165) is 27.0 Å². The average molecular weight is 488 g/mol. The molecular formula is C26H22BrN3O2. The van der Waals surface area contributed by atoms with Crippen molar-refractivity contribution in [2.24, 2.45) is 0 Å². The summed E-state index contributed by atoms with van der Waals surface area (Å²) in [5.41, 5.74) is 4.18. The number of hydrogen-bond donors (Lipinski definition) is 0. The lowest BCUT2D eigenvalue weighted by atomic mass is 9.96. The number of aromatic nitrogens is 2. The monoisotopic (exact) mass is 487 g/mol. The van der Waals surface area contributed by atoms with Crippen molar-refractivity contribution >= 4 is 38.4 Å². The van der Waals surface area contributed by atoms with Gasteiger partial charge in [-0.2, -0.15) is 0 Å². The summed E-state index contributed by atoms with van der Waals surface area (Å²) < 4.78 is 2.60. The van der Waals surface area contributed by atoms with Crippen LogP contribution in [0.15, 0.2) is 76.0 Å². The molecule has 0 fully saturated rings. The first-order valence-corrected chi connectivity index (χ1v) is 11.5. The second-order valence-electron chi connectivity index (χ2n) is 8.01. The summed E-state index contributed by atoms with van der Waals surface area (Å²) in [6.45, 7) is 4.55. The van der Waals surface area contributed by atoms with Gasteiger partial charge in [0, 0.05) is 23.1 Å². The summed E-state index contributed by atoms with van der Waals surface area (Å²) in [5, 5.41) is 0.565. The maximum atomic E-state index is 13.6. The molecule has 0 bridgehead atoms. The molecule has 6 heteroatoms. The van der Waals surface area contributed by atoms with Crippen LogP contribution in [-0.4, -0.2) is 22.0 Å². The molecule has 3 aromatic carbocycles. The van der Waals surface area contributed by atoms with Crippen LogP contribution in [0.4, 0.5) is 5.69 Å². The van der Waals surface area contributed by atoms with E-state index in [1.165, 1.54) is 0 Å². The first kappa shape index (κ1) is 20.6. The third-order valence-electron chi connectivity index (χ3n) is 6.12. The van der Waals surface area contributed by atoms with Gasteiger partial charge < -0.3 is 4.90 Å². The van der Waals surface area contributed by atoms with E-state index in [1.54, 1.807) is 10.6 Å². The Morgan fingerprint density at radius 3 is 2.50 bits per heavy atom. The van der Waals surface area contributed by atoms with Gasteiger partial charge in [0.1, 0.15) is 5.82 Å². The van der Waals surface area contributed by atoms with Crippen molar-refractivity contribution in [3.8, 4) is 5.69 Å². The van der Waals surface area contributed by atoms with Crippen LogP contribution in [-0.2, 0) is 11.2 Å². The van der Waals surface area contributed by atoms with Gasteiger partial charge in [-0.15, -0.1) is 0 Å². The minimum absolute atomic E-state index is 0.0411. The molecule has 1 aliphatic rings. The zero-order chi connectivity index (χ0) is 22.4. The number of para-hydroxylation sites is 2. The van der Waals surface area contributed by atoms with Crippen LogP contribution in [0.5, 0.6) is 0 Å². The highest BCUT2D eigenvalue weighted by atomic mass is 79.9. The van der Waals surface area contributed by atoms with Crippen molar-refractivity contribution in [2.45, 2.75) is 26.2 Å². The van der Waals surface area contributed by atoms with Gasteiger partial charge in [0.05, 0.1) is 22.5 Å². The highest BCUT2D eigenvalue weighted by Crippen LogP contribution is 2.40. The Bertz CT molecular complexity index is 1430. The first-order valence-electron chi connectivity index (χ1n) is 10.7. The van der Waals surface area contributed by atoms with E-state index in [-0.39, 0.29) is 11.5 Å². The Balaban J connectivity index is 1.73. The van der Waals surface area contributed by atoms with E-state index < -0.39 is 5.92 Å². The number of aryl methyl sites for hydroxylation is 1. The third-order valence-corrected chi connectivity index (χ3v) is 6.62. The molecule has 4 aromatic rings. The smallest absolute Gasteiger partial charge is 0.265 e. The molecule has 32 heavy (non-hydrogen) atoms. The summed E-state index contributed by atoms with van der Waals surface area (Å²) in [6.07, 6.45) is 0.340. The predicted molar refractivity (Wildman–Crippen MR) is 131 cm³/mol. The van der Waals surface area contributed by atoms with E-state index in [0.29, 0.717) is 29.7 Å². The molecule has 1 aromatic heterocycles. The number of amides is 1. The number of likely N-dealkylation sites (N-methyl/N-ethyl adjacent to an activating group) is 1. The number of rotatable bonds is 4. The van der Waals surface area contributed by atoms with Crippen LogP contribution in [0.3, 0.4) is 0 Å². The van der Waals surface area contributed by atoms with Crippen molar-refractivity contribution in [1.29, 1.82) is 0 Å². The van der Waals surface area contributed by atoms with E-state index >= 15 is 0 Å². The average Bonchev–Trinajstić information content (AvgIpc) is 3.05. The molecule has 1 aliphatic heterocycles. The Kier molecular flexibility index (Phi) is 5.18. The molecule has 1 amide bonds. The lowest BCUT2D eigenvalue weighted by molar-refractivity contribution is -0.119. The fourth-order valence-electron chi connectivity index (χ4n) is 4.57. The molecule has 0 aliphatic carbocycles. The van der Waals surface area contributed by atoms with E-state index in [4.69, 9.17) is 4.98 Å². The predicted octanol–water partition coefficient (Wildman–Crippen LogP) is 5.15. The molecule has 2 heterocycles. The Labute approximate surface area is 194 Å². The van der Waals surface area contributed by atoms with E-state index in [9.17, 15) is 9.59 Å². The minimum atomic E-state index is -0.397. The maximum Gasteiger partial charge on any atom is 0.265 e. The van der Waals surface area contributed by atoms with Gasteiger partial charge >= 0.3 is 0 Å². The van der Waals surface area contributed by atoms with Crippen molar-refractivity contribution in [3.05, 3.63) is 98.5 Å². The summed E-state index contributed by atoms with van der Waals surface area (Å²) in [7, 11) is 0. The molecule has 0 saturated heterocycles. The second kappa shape index (κ2) is 8.02. The summed E-state index contributed by atoms with van der Waals surface area (Å²) >= 11 is 3.54. The molecule has 0 saturated carbocycles. The summed E-state index contributed by atoms with van der Waals surface area (Å²) in [5.74, 6) is 0.232. The number of hydrogen-bond acceptors (Lipinski definition) is 3. The number of nitrogens with zero attached hydrogens (tertiary/aromatic N) is 3. The highest BCUT2D eigenvalue weighted by Gasteiger charge is 2.37. The van der Waals surface area contributed by atoms with Gasteiger partial charge in [-0.1, -0.05) is 46.3 Å². The molecule has 5 nitrogen and oxygen atoms in total. The molecule has 5 rings (SSSR count). The highest BCUT2D eigenvalue weighted by molar-refractivity contribution is 9.10. The van der Waals surface area contributed by atoms with Crippen LogP contribution in [0.25, 0.3) is 16.6 Å². The van der Waals surface area contributed by atoms with Crippen LogP contribution < -0.4 is 10.5 Å². The maximum absolute atomic E-state index is 13.6. The molecule has 1 atom stereocenters. The number of carbonyl (C=O) groups excluding carboxylic acids is 1. The fourth-order valence-corrected chi connectivity index (χ4v) is 4.95. The molecule has 0 spiro atoms. The largest absolute Gasteiger partial charge is 0.312 e. The van der Waals surface area contributed by atoms with Gasteiger partial charge in [-0.25, -0.2) is 4.98 Å². The topological polar surface area (TPSA) is 55.2 Å². The SMILES string of the molecule is CCN1C(=O)C(Cc2nc3ccccc3c(=O)n2-c2ccccc2C)c2cc(Br)ccc21. The Morgan fingerprint density at radius 2 is 1.72 bits per heavy atom. The zero-order valence-electron chi connectivity index (χ0n) is 17.9. The van der Waals surface area contributed by atoms with Crippen LogP contribution in [0.1, 0.15) is 29.8 Å². The van der Waals surface area contributed by atoms with Gasteiger partial charge in [-0.3, -0.25) is 14.2 Å². The second-order valence-corrected chi connectivity index (χ2v) is 8.93. The molecular weight excluding hydrogens is 466 g/mol. The fraction of sp³-hybridized carbons (Fsp3) is 0.192. The van der Waals surface area contributed by atoms with Crippen molar-refractivity contribution in [1.82, 2.24) is 9.55 Å². The third kappa shape index (κ3) is 3.26. The van der Waals surface area contributed by atoms with Gasteiger partial charge in [0.2, 0.25) is 5.91 Å². The number of carbonyl (C=O) groups is 1. The zero-order valence-corrected chi connectivity index (χ0v) is 19.5. The first-order chi connectivity index (χ1) is 15.5. The Morgan fingerprint density at radius 1 is 0.969 bits per heavy atom. The number of benzene rings is 3. The lowest BCUT2D eigenvalue weighted by Crippen LogP contribution is -2.31. The Hall–Kier alpha value is -3.25. The van der Waals surface area contributed by atoms with Crippen molar-refractivity contribution < 1.29 is 4.79 Å². The minimum Gasteiger partial charge on any atom is -0.312 e. The number of anilines is 1.